The normalized spacial score (nSPS) is 18.2. The van der Waals surface area contributed by atoms with Crippen LogP contribution in [0.4, 0.5) is 10.5 Å². The number of para-hydroxylation sites is 1. The van der Waals surface area contributed by atoms with Gasteiger partial charge in [0.05, 0.1) is 12.8 Å². The van der Waals surface area contributed by atoms with Crippen molar-refractivity contribution in [3.63, 3.8) is 0 Å². The molecule has 0 saturated carbocycles. The molecule has 1 fully saturated rings. The van der Waals surface area contributed by atoms with Crippen molar-refractivity contribution < 1.29 is 27.5 Å². The fourth-order valence-electron chi connectivity index (χ4n) is 3.74. The number of anilines is 1. The molecule has 1 aromatic carbocycles. The Kier molecular flexibility index (Phi) is 5.32. The topological polar surface area (TPSA) is 93.2 Å². The second kappa shape index (κ2) is 7.77. The third-order valence-corrected chi connectivity index (χ3v) is 8.17. The number of thiophene rings is 1. The molecule has 0 aliphatic carbocycles. The monoisotopic (exact) mass is 436 g/mol. The molecule has 2 aromatic rings. The first-order valence-corrected chi connectivity index (χ1v) is 11.5. The molecule has 3 heterocycles. The summed E-state index contributed by atoms with van der Waals surface area (Å²) in [5.74, 6) is -0.666. The van der Waals surface area contributed by atoms with Crippen LogP contribution in [0.15, 0.2) is 40.6 Å². The summed E-state index contributed by atoms with van der Waals surface area (Å²) in [5, 5.41) is 1.56. The summed E-state index contributed by atoms with van der Waals surface area (Å²) in [5.41, 5.74) is 1.75. The Hall–Kier alpha value is -2.43. The number of hydrogen-bond donors (Lipinski definition) is 0. The summed E-state index contributed by atoms with van der Waals surface area (Å²) in [6.07, 6.45) is 0.539. The fraction of sp³-hybridized carbons (Fsp3) is 0.368. The summed E-state index contributed by atoms with van der Waals surface area (Å²) < 4.78 is 37.4. The van der Waals surface area contributed by atoms with Crippen LogP contribution in [0.2, 0.25) is 0 Å². The number of ether oxygens (including phenoxy) is 2. The number of amides is 1. The van der Waals surface area contributed by atoms with Gasteiger partial charge in [0.25, 0.3) is 0 Å². The lowest BCUT2D eigenvalue weighted by molar-refractivity contribution is 0.0602. The number of benzene rings is 1. The van der Waals surface area contributed by atoms with Gasteiger partial charge in [-0.15, -0.1) is 11.3 Å². The maximum Gasteiger partial charge on any atom is 0.414 e. The largest absolute Gasteiger partial charge is 0.465 e. The van der Waals surface area contributed by atoms with E-state index >= 15 is 0 Å². The Morgan fingerprint density at radius 1 is 1.21 bits per heavy atom. The highest BCUT2D eigenvalue weighted by Crippen LogP contribution is 2.33. The highest BCUT2D eigenvalue weighted by molar-refractivity contribution is 7.89. The molecule has 0 spiro atoms. The van der Waals surface area contributed by atoms with Crippen LogP contribution < -0.4 is 4.90 Å². The summed E-state index contributed by atoms with van der Waals surface area (Å²) in [7, 11) is -2.60. The molecule has 0 bridgehead atoms. The van der Waals surface area contributed by atoms with E-state index in [1.807, 2.05) is 24.3 Å². The maximum absolute atomic E-state index is 13.1. The number of methoxy groups -OCH3 is 1. The summed E-state index contributed by atoms with van der Waals surface area (Å²) >= 11 is 1.04. The van der Waals surface area contributed by atoms with E-state index in [-0.39, 0.29) is 35.5 Å². The van der Waals surface area contributed by atoms with Gasteiger partial charge in [-0.05, 0) is 30.4 Å². The third kappa shape index (κ3) is 3.52. The Labute approximate surface area is 172 Å². The zero-order chi connectivity index (χ0) is 20.6. The highest BCUT2D eigenvalue weighted by atomic mass is 32.2. The van der Waals surface area contributed by atoms with Gasteiger partial charge in [0.15, 0.2) is 0 Å². The number of carbonyl (C=O) groups is 2. The van der Waals surface area contributed by atoms with Crippen LogP contribution >= 0.6 is 11.3 Å². The first-order chi connectivity index (χ1) is 13.9. The van der Waals surface area contributed by atoms with Crippen molar-refractivity contribution in [3.8, 4) is 0 Å². The Morgan fingerprint density at radius 3 is 2.66 bits per heavy atom. The SMILES string of the molecule is COC(=O)c1sccc1S(=O)(=O)N1CCC(N2C(=O)OCc3ccccc32)CC1. The minimum Gasteiger partial charge on any atom is -0.465 e. The van der Waals surface area contributed by atoms with Gasteiger partial charge in [-0.2, -0.15) is 4.31 Å². The van der Waals surface area contributed by atoms with Crippen LogP contribution in [0.5, 0.6) is 0 Å². The van der Waals surface area contributed by atoms with E-state index in [2.05, 4.69) is 4.74 Å². The maximum atomic E-state index is 13.1. The van der Waals surface area contributed by atoms with Crippen molar-refractivity contribution in [2.75, 3.05) is 25.1 Å². The summed E-state index contributed by atoms with van der Waals surface area (Å²) in [4.78, 5) is 26.0. The molecule has 0 radical (unpaired) electrons. The van der Waals surface area contributed by atoms with Crippen molar-refractivity contribution >= 4 is 39.1 Å². The number of nitrogens with zero attached hydrogens (tertiary/aromatic N) is 2. The van der Waals surface area contributed by atoms with E-state index < -0.39 is 22.1 Å². The Morgan fingerprint density at radius 2 is 1.93 bits per heavy atom. The van der Waals surface area contributed by atoms with Gasteiger partial charge in [-0.3, -0.25) is 4.90 Å². The van der Waals surface area contributed by atoms with Crippen molar-refractivity contribution in [1.82, 2.24) is 4.31 Å². The molecule has 0 N–H and O–H groups in total. The second-order valence-corrected chi connectivity index (χ2v) is 9.62. The Balaban J connectivity index is 1.52. The number of carbonyl (C=O) groups excluding carboxylic acids is 2. The van der Waals surface area contributed by atoms with E-state index in [9.17, 15) is 18.0 Å². The Bertz CT molecular complexity index is 1040. The molecule has 29 heavy (non-hydrogen) atoms. The van der Waals surface area contributed by atoms with E-state index in [1.165, 1.54) is 17.5 Å². The molecular weight excluding hydrogens is 416 g/mol. The van der Waals surface area contributed by atoms with Gasteiger partial charge in [-0.25, -0.2) is 18.0 Å². The molecular formula is C19H20N2O6S2. The van der Waals surface area contributed by atoms with Crippen molar-refractivity contribution in [1.29, 1.82) is 0 Å². The number of cyclic esters (lactones) is 1. The second-order valence-electron chi connectivity index (χ2n) is 6.79. The predicted octanol–water partition coefficient (Wildman–Crippen LogP) is 2.84. The number of hydrogen-bond acceptors (Lipinski definition) is 7. The van der Waals surface area contributed by atoms with E-state index in [0.717, 1.165) is 22.6 Å². The molecule has 154 valence electrons. The fourth-order valence-corrected chi connectivity index (χ4v) is 6.52. The molecule has 1 amide bonds. The van der Waals surface area contributed by atoms with Crippen LogP contribution in [-0.2, 0) is 26.1 Å². The zero-order valence-corrected chi connectivity index (χ0v) is 17.4. The van der Waals surface area contributed by atoms with Gasteiger partial charge >= 0.3 is 12.1 Å². The van der Waals surface area contributed by atoms with Crippen molar-refractivity contribution in [2.24, 2.45) is 0 Å². The predicted molar refractivity (Wildman–Crippen MR) is 107 cm³/mol. The molecule has 4 rings (SSSR count). The van der Waals surface area contributed by atoms with Gasteiger partial charge in [0.2, 0.25) is 10.0 Å². The van der Waals surface area contributed by atoms with E-state index in [1.54, 1.807) is 10.3 Å². The van der Waals surface area contributed by atoms with Crippen LogP contribution in [0.25, 0.3) is 0 Å². The molecule has 1 saturated heterocycles. The van der Waals surface area contributed by atoms with Gasteiger partial charge in [-0.1, -0.05) is 18.2 Å². The first-order valence-electron chi connectivity index (χ1n) is 9.13. The number of esters is 1. The lowest BCUT2D eigenvalue weighted by atomic mass is 10.0. The molecule has 10 heteroatoms. The smallest absolute Gasteiger partial charge is 0.414 e. The van der Waals surface area contributed by atoms with Crippen molar-refractivity contribution in [2.45, 2.75) is 30.4 Å². The summed E-state index contributed by atoms with van der Waals surface area (Å²) in [6.45, 7) is 0.734. The van der Waals surface area contributed by atoms with Gasteiger partial charge < -0.3 is 9.47 Å². The number of sulfonamides is 1. The average Bonchev–Trinajstić information content (AvgIpc) is 3.24. The van der Waals surface area contributed by atoms with Gasteiger partial charge in [0.1, 0.15) is 16.4 Å². The van der Waals surface area contributed by atoms with Crippen LogP contribution in [0, 0.1) is 0 Å². The third-order valence-electron chi connectivity index (χ3n) is 5.21. The number of rotatable bonds is 4. The number of fused-ring (bicyclic) bond motifs is 1. The van der Waals surface area contributed by atoms with Crippen molar-refractivity contribution in [3.05, 3.63) is 46.2 Å². The molecule has 0 unspecified atom stereocenters. The highest BCUT2D eigenvalue weighted by Gasteiger charge is 2.38. The van der Waals surface area contributed by atoms with Crippen LogP contribution in [0.3, 0.4) is 0 Å². The van der Waals surface area contributed by atoms with E-state index in [4.69, 9.17) is 4.74 Å². The standard InChI is InChI=1S/C19H20N2O6S2/c1-26-18(22)17-16(8-11-28-17)29(24,25)20-9-6-14(7-10-20)21-15-5-3-2-4-13(15)12-27-19(21)23/h2-5,8,11,14H,6-7,9-10,12H2,1H3. The number of piperidine rings is 1. The lowest BCUT2D eigenvalue weighted by Gasteiger charge is -2.39. The first kappa shape index (κ1) is 19.9. The van der Waals surface area contributed by atoms with Crippen LogP contribution in [-0.4, -0.2) is 51.0 Å². The quantitative estimate of drug-likeness (QED) is 0.685. The van der Waals surface area contributed by atoms with Crippen LogP contribution in [0.1, 0.15) is 28.1 Å². The minimum absolute atomic E-state index is 0.0319. The molecule has 2 aliphatic rings. The summed E-state index contributed by atoms with van der Waals surface area (Å²) in [6, 6.07) is 8.83. The molecule has 2 aliphatic heterocycles. The van der Waals surface area contributed by atoms with E-state index in [0.29, 0.717) is 12.8 Å². The molecule has 0 atom stereocenters. The lowest BCUT2D eigenvalue weighted by Crippen LogP contribution is -2.50. The molecule has 8 nitrogen and oxygen atoms in total. The zero-order valence-electron chi connectivity index (χ0n) is 15.7. The minimum atomic E-state index is -3.82. The average molecular weight is 437 g/mol. The molecule has 1 aromatic heterocycles. The van der Waals surface area contributed by atoms with Gasteiger partial charge in [0, 0.05) is 24.7 Å².